The monoisotopic (exact) mass is 275 g/mol. The van der Waals surface area contributed by atoms with Crippen LogP contribution in [-0.4, -0.2) is 39.5 Å². The van der Waals surface area contributed by atoms with E-state index in [4.69, 9.17) is 5.11 Å². The van der Waals surface area contributed by atoms with Crippen LogP contribution >= 0.6 is 0 Å². The summed E-state index contributed by atoms with van der Waals surface area (Å²) < 4.78 is 0. The lowest BCUT2D eigenvalue weighted by Crippen LogP contribution is -2.25. The molecule has 108 valence electrons. The molecule has 0 fully saturated rings. The number of carbonyl (C=O) groups is 1. The number of H-pyrrole nitrogens is 1. The van der Waals surface area contributed by atoms with Crippen LogP contribution in [0.3, 0.4) is 0 Å². The highest BCUT2D eigenvalue weighted by molar-refractivity contribution is 5.77. The van der Waals surface area contributed by atoms with Crippen LogP contribution in [0.2, 0.25) is 0 Å². The molecule has 1 atom stereocenters. The molecule has 1 heterocycles. The first kappa shape index (κ1) is 14.5. The normalized spacial score (nSPS) is 13.1. The molecule has 0 amide bonds. The summed E-state index contributed by atoms with van der Waals surface area (Å²) >= 11 is 0. The van der Waals surface area contributed by atoms with Gasteiger partial charge in [-0.2, -0.15) is 0 Å². The van der Waals surface area contributed by atoms with Crippen molar-refractivity contribution in [3.63, 3.8) is 0 Å². The van der Waals surface area contributed by atoms with Crippen molar-refractivity contribution in [3.8, 4) is 0 Å². The van der Waals surface area contributed by atoms with E-state index < -0.39 is 5.97 Å². The minimum absolute atomic E-state index is 0.0577. The Balaban J connectivity index is 2.21. The third kappa shape index (κ3) is 2.99. The summed E-state index contributed by atoms with van der Waals surface area (Å²) in [5, 5.41) is 8.74. The Morgan fingerprint density at radius 1 is 1.40 bits per heavy atom. The highest BCUT2D eigenvalue weighted by atomic mass is 16.4. The topological polar surface area (TPSA) is 69.2 Å². The zero-order valence-corrected chi connectivity index (χ0v) is 12.4. The second-order valence-electron chi connectivity index (χ2n) is 5.38. The van der Waals surface area contributed by atoms with E-state index in [-0.39, 0.29) is 12.5 Å². The number of aryl methyl sites for hydroxylation is 2. The third-order valence-corrected chi connectivity index (χ3v) is 3.85. The van der Waals surface area contributed by atoms with Crippen LogP contribution < -0.4 is 0 Å². The number of hydrogen-bond donors (Lipinski definition) is 2. The van der Waals surface area contributed by atoms with Gasteiger partial charge >= 0.3 is 5.97 Å². The highest BCUT2D eigenvalue weighted by Gasteiger charge is 2.16. The van der Waals surface area contributed by atoms with Crippen molar-refractivity contribution in [3.05, 3.63) is 29.1 Å². The molecule has 5 heteroatoms. The second kappa shape index (κ2) is 5.63. The second-order valence-corrected chi connectivity index (χ2v) is 5.38. The number of carboxylic acids is 1. The minimum atomic E-state index is -0.778. The number of aromatic amines is 1. The maximum atomic E-state index is 10.6. The van der Waals surface area contributed by atoms with Crippen LogP contribution in [0.1, 0.15) is 36.3 Å². The Labute approximate surface area is 118 Å². The maximum Gasteiger partial charge on any atom is 0.304 e. The zero-order valence-electron chi connectivity index (χ0n) is 12.4. The van der Waals surface area contributed by atoms with Crippen molar-refractivity contribution in [2.24, 2.45) is 0 Å². The molecule has 0 bridgehead atoms. The molecular weight excluding hydrogens is 254 g/mol. The van der Waals surface area contributed by atoms with Gasteiger partial charge in [0, 0.05) is 6.54 Å². The van der Waals surface area contributed by atoms with Gasteiger partial charge in [-0.25, -0.2) is 4.98 Å². The molecule has 20 heavy (non-hydrogen) atoms. The Morgan fingerprint density at radius 2 is 2.05 bits per heavy atom. The first-order chi connectivity index (χ1) is 9.38. The van der Waals surface area contributed by atoms with Crippen LogP contribution in [0.15, 0.2) is 12.1 Å². The zero-order chi connectivity index (χ0) is 14.9. The van der Waals surface area contributed by atoms with Crippen molar-refractivity contribution in [1.29, 1.82) is 0 Å². The van der Waals surface area contributed by atoms with Crippen molar-refractivity contribution < 1.29 is 9.90 Å². The van der Waals surface area contributed by atoms with Crippen LogP contribution in [0.4, 0.5) is 0 Å². The molecule has 0 spiro atoms. The molecule has 0 radical (unpaired) electrons. The van der Waals surface area contributed by atoms with E-state index in [1.165, 1.54) is 11.1 Å². The molecule has 1 aromatic carbocycles. The fourth-order valence-corrected chi connectivity index (χ4v) is 2.16. The van der Waals surface area contributed by atoms with Gasteiger partial charge < -0.3 is 10.1 Å². The summed E-state index contributed by atoms with van der Waals surface area (Å²) in [4.78, 5) is 20.6. The van der Waals surface area contributed by atoms with Gasteiger partial charge in [-0.15, -0.1) is 0 Å². The molecule has 0 aliphatic rings. The van der Waals surface area contributed by atoms with E-state index in [0.717, 1.165) is 16.9 Å². The summed E-state index contributed by atoms with van der Waals surface area (Å²) in [7, 11) is 1.91. The lowest BCUT2D eigenvalue weighted by Gasteiger charge is -2.21. The standard InChI is InChI=1S/C15H21N3O2/c1-9-7-12-13(8-10(9)2)17-15(16-12)11(3)18(4)6-5-14(19)20/h7-8,11H,5-6H2,1-4H3,(H,16,17)(H,19,20). The Bertz CT molecular complexity index is 594. The lowest BCUT2D eigenvalue weighted by atomic mass is 10.1. The van der Waals surface area contributed by atoms with Crippen molar-refractivity contribution in [2.45, 2.75) is 33.2 Å². The summed E-state index contributed by atoms with van der Waals surface area (Å²) in [6.45, 7) is 6.69. The number of carboxylic acid groups (broad SMARTS) is 1. The van der Waals surface area contributed by atoms with Crippen LogP contribution in [-0.2, 0) is 4.79 Å². The van der Waals surface area contributed by atoms with E-state index in [2.05, 4.69) is 35.9 Å². The highest BCUT2D eigenvalue weighted by Crippen LogP contribution is 2.22. The van der Waals surface area contributed by atoms with Crippen LogP contribution in [0.25, 0.3) is 11.0 Å². The molecule has 0 saturated heterocycles. The number of aromatic nitrogens is 2. The molecule has 2 N–H and O–H groups in total. The number of rotatable bonds is 5. The molecule has 2 aromatic rings. The van der Waals surface area contributed by atoms with E-state index in [1.54, 1.807) is 0 Å². The molecule has 1 aromatic heterocycles. The number of hydrogen-bond acceptors (Lipinski definition) is 3. The van der Waals surface area contributed by atoms with Crippen LogP contribution in [0.5, 0.6) is 0 Å². The van der Waals surface area contributed by atoms with Gasteiger partial charge in [0.1, 0.15) is 5.82 Å². The SMILES string of the molecule is Cc1cc2nc(C(C)N(C)CCC(=O)O)[nH]c2cc1C. The van der Waals surface area contributed by atoms with Crippen LogP contribution in [0, 0.1) is 13.8 Å². The summed E-state index contributed by atoms with van der Waals surface area (Å²) in [6, 6.07) is 4.24. The summed E-state index contributed by atoms with van der Waals surface area (Å²) in [5.41, 5.74) is 4.45. The van der Waals surface area contributed by atoms with Gasteiger partial charge in [0.25, 0.3) is 0 Å². The van der Waals surface area contributed by atoms with Gasteiger partial charge in [0.15, 0.2) is 0 Å². The van der Waals surface area contributed by atoms with Crippen molar-refractivity contribution >= 4 is 17.0 Å². The molecule has 1 unspecified atom stereocenters. The number of nitrogens with one attached hydrogen (secondary N) is 1. The number of fused-ring (bicyclic) bond motifs is 1. The average Bonchev–Trinajstić information content (AvgIpc) is 2.78. The third-order valence-electron chi connectivity index (χ3n) is 3.85. The molecule has 0 saturated carbocycles. The van der Waals surface area contributed by atoms with Gasteiger partial charge in [0.2, 0.25) is 0 Å². The first-order valence-electron chi connectivity index (χ1n) is 6.77. The van der Waals surface area contributed by atoms with E-state index in [9.17, 15) is 4.79 Å². The van der Waals surface area contributed by atoms with Crippen molar-refractivity contribution in [2.75, 3.05) is 13.6 Å². The number of aliphatic carboxylic acids is 1. The van der Waals surface area contributed by atoms with E-state index >= 15 is 0 Å². The molecule has 2 rings (SSSR count). The number of imidazole rings is 1. The quantitative estimate of drug-likeness (QED) is 0.880. The van der Waals surface area contributed by atoms with Gasteiger partial charge in [-0.05, 0) is 51.1 Å². The Kier molecular flexibility index (Phi) is 4.09. The predicted octanol–water partition coefficient (Wildman–Crippen LogP) is 2.65. The molecule has 5 nitrogen and oxygen atoms in total. The fraction of sp³-hybridized carbons (Fsp3) is 0.467. The van der Waals surface area contributed by atoms with E-state index in [1.807, 2.05) is 18.9 Å². The Morgan fingerprint density at radius 3 is 2.70 bits per heavy atom. The van der Waals surface area contributed by atoms with Gasteiger partial charge in [-0.3, -0.25) is 9.69 Å². The summed E-state index contributed by atoms with van der Waals surface area (Å²) in [5.74, 6) is 0.0952. The average molecular weight is 275 g/mol. The minimum Gasteiger partial charge on any atom is -0.481 e. The van der Waals surface area contributed by atoms with E-state index in [0.29, 0.717) is 6.54 Å². The summed E-state index contributed by atoms with van der Waals surface area (Å²) in [6.07, 6.45) is 0.138. The number of benzene rings is 1. The van der Waals surface area contributed by atoms with Crippen molar-refractivity contribution in [1.82, 2.24) is 14.9 Å². The lowest BCUT2D eigenvalue weighted by molar-refractivity contribution is -0.137. The smallest absolute Gasteiger partial charge is 0.304 e. The molecule has 0 aliphatic carbocycles. The Hall–Kier alpha value is -1.88. The molecular formula is C15H21N3O2. The largest absolute Gasteiger partial charge is 0.481 e. The van der Waals surface area contributed by atoms with Gasteiger partial charge in [-0.1, -0.05) is 0 Å². The molecule has 0 aliphatic heterocycles. The van der Waals surface area contributed by atoms with Gasteiger partial charge in [0.05, 0.1) is 23.5 Å². The number of nitrogens with zero attached hydrogens (tertiary/aromatic N) is 2. The fourth-order valence-electron chi connectivity index (χ4n) is 2.16. The predicted molar refractivity (Wildman–Crippen MR) is 78.9 cm³/mol. The first-order valence-corrected chi connectivity index (χ1v) is 6.77. The maximum absolute atomic E-state index is 10.6.